The molecule has 5 aliphatic rings. The smallest absolute Gasteiger partial charge is 0.346 e. The van der Waals surface area contributed by atoms with Gasteiger partial charge in [-0.1, -0.05) is 36.4 Å². The van der Waals surface area contributed by atoms with E-state index in [2.05, 4.69) is 30.8 Å². The predicted octanol–water partition coefficient (Wildman–Crippen LogP) is 0.679. The van der Waals surface area contributed by atoms with Gasteiger partial charge in [0.1, 0.15) is 6.04 Å². The molecule has 6 amide bonds. The number of piperidine rings is 2. The fraction of sp³-hybridized carbons (Fsp3) is 0.419. The van der Waals surface area contributed by atoms with E-state index in [-0.39, 0.29) is 59.8 Å². The number of allylic oxidation sites excluding steroid dienone is 1. The van der Waals surface area contributed by atoms with E-state index in [1.807, 2.05) is 42.3 Å². The zero-order chi connectivity index (χ0) is 44.0. The Morgan fingerprint density at radius 3 is 2.39 bits per heavy atom. The van der Waals surface area contributed by atoms with Crippen LogP contribution in [0.4, 0.5) is 11.5 Å². The first-order chi connectivity index (χ1) is 29.6. The normalized spacial score (nSPS) is 24.9. The van der Waals surface area contributed by atoms with Crippen LogP contribution in [0.1, 0.15) is 69.6 Å². The van der Waals surface area contributed by atoms with Gasteiger partial charge in [0.05, 0.1) is 22.7 Å². The van der Waals surface area contributed by atoms with Crippen molar-refractivity contribution in [3.8, 4) is 0 Å². The number of carbonyl (C=O) groups excluding carboxylic acids is 6. The van der Waals surface area contributed by atoms with Crippen LogP contribution in [0, 0.1) is 5.89 Å². The molecule has 4 aliphatic heterocycles. The van der Waals surface area contributed by atoms with Gasteiger partial charge in [-0.05, 0) is 67.6 Å². The van der Waals surface area contributed by atoms with Crippen molar-refractivity contribution in [2.75, 3.05) is 63.5 Å². The van der Waals surface area contributed by atoms with Crippen LogP contribution in [0.25, 0.3) is 0 Å². The number of imide groups is 2. The van der Waals surface area contributed by atoms with Gasteiger partial charge in [-0.3, -0.25) is 53.2 Å². The van der Waals surface area contributed by atoms with Crippen LogP contribution in [0.15, 0.2) is 75.9 Å². The molecule has 2 unspecified atom stereocenters. The van der Waals surface area contributed by atoms with Gasteiger partial charge >= 0.3 is 5.69 Å². The zero-order valence-electron chi connectivity index (χ0n) is 35.2. The second-order valence-corrected chi connectivity index (χ2v) is 16.3. The summed E-state index contributed by atoms with van der Waals surface area (Å²) >= 11 is 0. The van der Waals surface area contributed by atoms with Crippen LogP contribution < -0.4 is 27.2 Å². The Kier molecular flexibility index (Phi) is 11.0. The molecule has 3 saturated heterocycles. The van der Waals surface area contributed by atoms with E-state index in [9.17, 15) is 38.4 Å². The van der Waals surface area contributed by atoms with Crippen molar-refractivity contribution >= 4 is 46.9 Å². The average Bonchev–Trinajstić information content (AvgIpc) is 3.51. The van der Waals surface area contributed by atoms with Gasteiger partial charge in [0, 0.05) is 79.3 Å². The quantitative estimate of drug-likeness (QED) is 0.255. The average molecular weight is 834 g/mol. The minimum absolute atomic E-state index is 0.00359. The van der Waals surface area contributed by atoms with Crippen molar-refractivity contribution in [2.45, 2.75) is 43.7 Å². The Morgan fingerprint density at radius 2 is 1.69 bits per heavy atom. The summed E-state index contributed by atoms with van der Waals surface area (Å²) in [5.41, 5.74) is 1.68. The molecule has 18 heteroatoms. The Labute approximate surface area is 352 Å². The van der Waals surface area contributed by atoms with Gasteiger partial charge in [-0.25, -0.2) is 9.48 Å². The minimum atomic E-state index is -1.69. The third kappa shape index (κ3) is 8.32. The highest BCUT2D eigenvalue weighted by molar-refractivity contribution is 6.26. The van der Waals surface area contributed by atoms with E-state index >= 15 is 0 Å². The number of piperazine rings is 1. The first kappa shape index (κ1) is 39.9. The molecule has 3 fully saturated rings. The summed E-state index contributed by atoms with van der Waals surface area (Å²) in [6.07, 6.45) is 5.90. The third-order valence-electron chi connectivity index (χ3n) is 12.1. The van der Waals surface area contributed by atoms with E-state index in [4.69, 9.17) is 1.37 Å². The SMILES string of the molecule is [2H]C1(C(=O)Nc2cccc3c2C(=O)N(C2CCC(=O)NC2=O)C3=O)C=CC(CN2CCN(C(=O)c3ccc([C@H]4C[C@@H](Nc5nn(C)c(=O)n(C)c5=O)CN(C)C4)cc3)CC2)=CC1. The highest BCUT2D eigenvalue weighted by atomic mass is 16.2. The number of hydrogen-bond acceptors (Lipinski definition) is 12. The van der Waals surface area contributed by atoms with Gasteiger partial charge in [0.25, 0.3) is 23.3 Å². The summed E-state index contributed by atoms with van der Waals surface area (Å²) in [4.78, 5) is 110. The van der Waals surface area contributed by atoms with Crippen molar-refractivity contribution in [1.29, 1.82) is 0 Å². The maximum Gasteiger partial charge on any atom is 0.346 e. The molecule has 4 atom stereocenters. The number of hydrogen-bond donors (Lipinski definition) is 3. The molecule has 0 bridgehead atoms. The van der Waals surface area contributed by atoms with Gasteiger partial charge in [-0.2, -0.15) is 0 Å². The van der Waals surface area contributed by atoms with Gasteiger partial charge in [-0.15, -0.1) is 5.10 Å². The number of rotatable bonds is 9. The summed E-state index contributed by atoms with van der Waals surface area (Å²) in [7, 11) is 4.96. The number of likely N-dealkylation sites (N-methyl/N-ethyl adjacent to an activating group) is 1. The summed E-state index contributed by atoms with van der Waals surface area (Å²) in [6, 6.07) is 10.9. The molecule has 2 aromatic carbocycles. The van der Waals surface area contributed by atoms with E-state index in [1.54, 1.807) is 6.08 Å². The Bertz CT molecular complexity index is 2560. The second-order valence-electron chi connectivity index (χ2n) is 16.3. The summed E-state index contributed by atoms with van der Waals surface area (Å²) < 4.78 is 11.1. The number of amides is 6. The lowest BCUT2D eigenvalue weighted by Gasteiger charge is -2.36. The van der Waals surface area contributed by atoms with E-state index in [0.29, 0.717) is 44.8 Å². The maximum atomic E-state index is 13.6. The highest BCUT2D eigenvalue weighted by Crippen LogP contribution is 2.33. The number of likely N-dealkylation sites (tertiary alicyclic amines) is 1. The summed E-state index contributed by atoms with van der Waals surface area (Å²) in [5.74, 6) is -4.79. The maximum absolute atomic E-state index is 13.6. The number of nitrogens with one attached hydrogen (secondary N) is 3. The number of anilines is 2. The molecule has 61 heavy (non-hydrogen) atoms. The number of carbonyl (C=O) groups is 6. The Balaban J connectivity index is 0.821. The second kappa shape index (κ2) is 16.8. The first-order valence-corrected chi connectivity index (χ1v) is 20.4. The van der Waals surface area contributed by atoms with E-state index in [0.717, 1.165) is 38.3 Å². The summed E-state index contributed by atoms with van der Waals surface area (Å²) in [5, 5.41) is 12.2. The van der Waals surface area contributed by atoms with Crippen LogP contribution in [0.3, 0.4) is 0 Å². The molecule has 1 aliphatic carbocycles. The number of aromatic nitrogens is 3. The first-order valence-electron chi connectivity index (χ1n) is 20.9. The minimum Gasteiger partial charge on any atom is -0.360 e. The van der Waals surface area contributed by atoms with Crippen LogP contribution in [0.5, 0.6) is 0 Å². The molecule has 18 nitrogen and oxygen atoms in total. The zero-order valence-corrected chi connectivity index (χ0v) is 34.2. The van der Waals surface area contributed by atoms with E-state index < -0.39 is 52.7 Å². The lowest BCUT2D eigenvalue weighted by atomic mass is 9.87. The number of aryl methyl sites for hydroxylation is 1. The van der Waals surface area contributed by atoms with Gasteiger partial charge in [0.2, 0.25) is 23.5 Å². The molecule has 0 radical (unpaired) electrons. The number of nitrogens with zero attached hydrogens (tertiary/aromatic N) is 7. The predicted molar refractivity (Wildman–Crippen MR) is 223 cm³/mol. The molecule has 0 spiro atoms. The van der Waals surface area contributed by atoms with Crippen molar-refractivity contribution in [3.05, 3.63) is 109 Å². The lowest BCUT2D eigenvalue weighted by Crippen LogP contribution is -2.54. The molecular formula is C43H48N10O8. The Hall–Kier alpha value is -6.53. The van der Waals surface area contributed by atoms with Crippen LogP contribution >= 0.6 is 0 Å². The van der Waals surface area contributed by atoms with Gasteiger partial charge < -0.3 is 20.4 Å². The van der Waals surface area contributed by atoms with Crippen molar-refractivity contribution in [2.24, 2.45) is 20.0 Å². The number of benzene rings is 2. The number of fused-ring (bicyclic) bond motifs is 1. The van der Waals surface area contributed by atoms with Crippen molar-refractivity contribution in [1.82, 2.24) is 39.3 Å². The third-order valence-corrected chi connectivity index (χ3v) is 12.1. The topological polar surface area (TPSA) is 208 Å². The molecule has 3 N–H and O–H groups in total. The lowest BCUT2D eigenvalue weighted by molar-refractivity contribution is -0.136. The largest absolute Gasteiger partial charge is 0.360 e. The monoisotopic (exact) mass is 833 g/mol. The summed E-state index contributed by atoms with van der Waals surface area (Å²) in [6.45, 7) is 4.42. The van der Waals surface area contributed by atoms with Gasteiger partial charge in [0.15, 0.2) is 0 Å². The molecule has 8 rings (SSSR count). The van der Waals surface area contributed by atoms with Crippen LogP contribution in [0.2, 0.25) is 0 Å². The highest BCUT2D eigenvalue weighted by Gasteiger charge is 2.46. The van der Waals surface area contributed by atoms with Crippen molar-refractivity contribution < 1.29 is 30.1 Å². The molecule has 3 aromatic rings. The van der Waals surface area contributed by atoms with Crippen LogP contribution in [-0.4, -0.2) is 134 Å². The van der Waals surface area contributed by atoms with Crippen LogP contribution in [-0.2, 0) is 28.5 Å². The Morgan fingerprint density at radius 1 is 0.934 bits per heavy atom. The molecule has 318 valence electrons. The molecule has 1 aromatic heterocycles. The fourth-order valence-corrected chi connectivity index (χ4v) is 8.79. The molecule has 0 saturated carbocycles. The fourth-order valence-electron chi connectivity index (χ4n) is 8.79. The molecule has 5 heterocycles. The van der Waals surface area contributed by atoms with Crippen molar-refractivity contribution in [3.63, 3.8) is 0 Å². The molecular weight excluding hydrogens is 785 g/mol. The van der Waals surface area contributed by atoms with E-state index in [1.165, 1.54) is 38.4 Å². The standard InChI is InChI=1S/C43H48N10O8/c1-48-23-29(21-30(24-48)44-36-42(60)49(2)43(61)50(3)47-36)26-11-13-28(14-12-26)39(57)52-19-17-51(18-20-52)22-25-7-9-27(10-8-25)37(55)45-32-6-4-5-31-35(32)41(59)53(40(31)58)33-15-16-34(54)46-38(33)56/h4-9,11-14,27,29-30,33H,10,15-24H2,1-3H3,(H,44,47)(H,45,55)(H,46,54,56)/t27?,29-,30+,33?/m0/s1/i27D.